The van der Waals surface area contributed by atoms with Gasteiger partial charge in [-0.15, -0.1) is 0 Å². The maximum absolute atomic E-state index is 13.7. The monoisotopic (exact) mass is 563 g/mol. The normalized spacial score (nSPS) is 26.8. The molecule has 202 valence electrons. The lowest BCUT2D eigenvalue weighted by molar-refractivity contribution is -0.123. The minimum absolute atomic E-state index is 0.0422. The zero-order valence-electron chi connectivity index (χ0n) is 21.9. The van der Waals surface area contributed by atoms with E-state index in [-0.39, 0.29) is 26.7 Å². The highest BCUT2D eigenvalue weighted by molar-refractivity contribution is 7.91. The summed E-state index contributed by atoms with van der Waals surface area (Å²) in [5.41, 5.74) is 1.29. The zero-order valence-corrected chi connectivity index (χ0v) is 23.6. The van der Waals surface area contributed by atoms with Crippen LogP contribution >= 0.6 is 0 Å². The van der Waals surface area contributed by atoms with E-state index in [1.54, 1.807) is 30.3 Å². The van der Waals surface area contributed by atoms with Crippen LogP contribution in [0.3, 0.4) is 0 Å². The van der Waals surface area contributed by atoms with Gasteiger partial charge in [0.15, 0.2) is 0 Å². The number of H-pyrrole nitrogens is 1. The van der Waals surface area contributed by atoms with Gasteiger partial charge < -0.3 is 4.98 Å². The number of nitrogens with zero attached hydrogens (tertiary/aromatic N) is 2. The van der Waals surface area contributed by atoms with E-state index in [9.17, 15) is 26.9 Å². The van der Waals surface area contributed by atoms with E-state index < -0.39 is 37.2 Å². The second-order valence-corrected chi connectivity index (χ2v) is 15.4. The van der Waals surface area contributed by atoms with Crippen molar-refractivity contribution in [2.45, 2.75) is 56.0 Å². The highest BCUT2D eigenvalue weighted by Gasteiger charge is 2.72. The van der Waals surface area contributed by atoms with Crippen LogP contribution in [0.15, 0.2) is 58.5 Å². The Labute approximate surface area is 228 Å². The molecule has 3 unspecified atom stereocenters. The van der Waals surface area contributed by atoms with Crippen LogP contribution in [0, 0.1) is 35.0 Å². The minimum Gasteiger partial charge on any atom is -0.345 e. The van der Waals surface area contributed by atoms with Crippen molar-refractivity contribution in [1.82, 2.24) is 9.29 Å². The average Bonchev–Trinajstić information content (AvgIpc) is 3.52. The Morgan fingerprint density at radius 2 is 1.90 bits per heavy atom. The van der Waals surface area contributed by atoms with Crippen molar-refractivity contribution in [3.63, 3.8) is 0 Å². The number of benzene rings is 2. The maximum atomic E-state index is 13.7. The lowest BCUT2D eigenvalue weighted by atomic mass is 9.69. The maximum Gasteiger partial charge on any atom is 0.260 e. The molecule has 1 aromatic heterocycles. The van der Waals surface area contributed by atoms with Crippen LogP contribution in [0.2, 0.25) is 0 Å². The van der Waals surface area contributed by atoms with Crippen LogP contribution < -0.4 is 0 Å². The Kier molecular flexibility index (Phi) is 5.49. The van der Waals surface area contributed by atoms with Crippen molar-refractivity contribution < 1.29 is 21.6 Å². The van der Waals surface area contributed by atoms with Crippen molar-refractivity contribution in [3.8, 4) is 6.07 Å². The molecule has 1 amide bonds. The molecule has 10 heteroatoms. The molecule has 1 N–H and O–H groups in total. The quantitative estimate of drug-likeness (QED) is 0.464. The van der Waals surface area contributed by atoms with E-state index in [2.05, 4.69) is 24.9 Å². The molecule has 3 atom stereocenters. The molecule has 3 aliphatic rings. The van der Waals surface area contributed by atoms with Gasteiger partial charge in [0, 0.05) is 28.0 Å². The summed E-state index contributed by atoms with van der Waals surface area (Å²) in [6.07, 6.45) is 4.92. The summed E-state index contributed by atoms with van der Waals surface area (Å²) in [5.74, 6) is -0.356. The number of sulfonamides is 1. The summed E-state index contributed by atoms with van der Waals surface area (Å²) in [6.45, 7) is 6.09. The Bertz CT molecular complexity index is 1830. The Balaban J connectivity index is 1.45. The van der Waals surface area contributed by atoms with Gasteiger partial charge in [0.2, 0.25) is 19.9 Å². The lowest BCUT2D eigenvalue weighted by Gasteiger charge is -2.36. The summed E-state index contributed by atoms with van der Waals surface area (Å²) in [6, 6.07) is 12.9. The van der Waals surface area contributed by atoms with E-state index >= 15 is 0 Å². The number of aryl methyl sites for hydroxylation is 1. The molecule has 1 aliphatic heterocycles. The first-order chi connectivity index (χ1) is 18.3. The third-order valence-corrected chi connectivity index (χ3v) is 13.2. The highest BCUT2D eigenvalue weighted by Crippen LogP contribution is 2.70. The molecule has 6 rings (SSSR count). The number of carbonyl (C=O) groups is 1. The number of rotatable bonds is 4. The third kappa shape index (κ3) is 3.56. The van der Waals surface area contributed by atoms with Crippen LogP contribution in [0.5, 0.6) is 0 Å². The van der Waals surface area contributed by atoms with E-state index in [1.165, 1.54) is 18.2 Å². The minimum atomic E-state index is -4.03. The first kappa shape index (κ1) is 25.8. The summed E-state index contributed by atoms with van der Waals surface area (Å²) in [5, 5.41) is 9.76. The number of amides is 1. The molecule has 0 radical (unpaired) electrons. The van der Waals surface area contributed by atoms with Gasteiger partial charge in [-0.1, -0.05) is 31.5 Å². The van der Waals surface area contributed by atoms with Gasteiger partial charge in [-0.3, -0.25) is 4.79 Å². The molecular formula is C29H29N3O5S2. The highest BCUT2D eigenvalue weighted by atomic mass is 32.2. The molecule has 8 nitrogen and oxygen atoms in total. The van der Waals surface area contributed by atoms with Crippen LogP contribution in [-0.4, -0.2) is 43.8 Å². The second kappa shape index (κ2) is 8.29. The van der Waals surface area contributed by atoms with E-state index in [4.69, 9.17) is 0 Å². The van der Waals surface area contributed by atoms with Crippen molar-refractivity contribution in [3.05, 3.63) is 65.2 Å². The predicted octanol–water partition coefficient (Wildman–Crippen LogP) is 4.56. The van der Waals surface area contributed by atoms with Gasteiger partial charge in [0.1, 0.15) is 5.03 Å². The molecular weight excluding hydrogens is 534 g/mol. The number of nitrogens with one attached hydrogen (secondary N) is 1. The molecule has 2 aromatic carbocycles. The molecule has 2 saturated carbocycles. The van der Waals surface area contributed by atoms with Crippen molar-refractivity contribution in [2.24, 2.45) is 16.7 Å². The number of carbonyl (C=O) groups excluding carboxylic acids is 1. The summed E-state index contributed by atoms with van der Waals surface area (Å²) in [7, 11) is -7.85. The number of hydrogen-bond donors (Lipinski definition) is 1. The van der Waals surface area contributed by atoms with E-state index in [1.807, 2.05) is 6.92 Å². The SMILES string of the molecule is Cc1ccc(S(=O)(=O)c2[nH]c3ccc(C#N)cc3c2/C=C/C(=O)N2C3CC4CCC3(CS2(=O)=O)C4(C)C)cc1. The van der Waals surface area contributed by atoms with Gasteiger partial charge in [-0.2, -0.15) is 5.26 Å². The molecule has 1 spiro atoms. The molecule has 3 aromatic rings. The largest absolute Gasteiger partial charge is 0.345 e. The van der Waals surface area contributed by atoms with Crippen LogP contribution in [0.25, 0.3) is 17.0 Å². The molecule has 1 saturated heterocycles. The van der Waals surface area contributed by atoms with Crippen LogP contribution in [0.1, 0.15) is 49.8 Å². The van der Waals surface area contributed by atoms with E-state index in [0.717, 1.165) is 28.8 Å². The second-order valence-electron chi connectivity index (χ2n) is 11.6. The number of sulfone groups is 1. The Hall–Kier alpha value is -3.42. The van der Waals surface area contributed by atoms with Crippen molar-refractivity contribution in [1.29, 1.82) is 5.26 Å². The van der Waals surface area contributed by atoms with Gasteiger partial charge in [0.25, 0.3) is 5.91 Å². The summed E-state index contributed by atoms with van der Waals surface area (Å²) < 4.78 is 55.0. The van der Waals surface area contributed by atoms with Gasteiger partial charge in [-0.25, -0.2) is 21.1 Å². The third-order valence-electron chi connectivity index (χ3n) is 9.55. The van der Waals surface area contributed by atoms with E-state index in [0.29, 0.717) is 28.8 Å². The molecule has 2 aliphatic carbocycles. The van der Waals surface area contributed by atoms with Gasteiger partial charge in [-0.05, 0) is 73.9 Å². The number of hydrogen-bond acceptors (Lipinski definition) is 6. The number of fused-ring (bicyclic) bond motifs is 2. The summed E-state index contributed by atoms with van der Waals surface area (Å²) in [4.78, 5) is 16.6. The van der Waals surface area contributed by atoms with Crippen LogP contribution in [-0.2, 0) is 24.7 Å². The Morgan fingerprint density at radius 1 is 1.18 bits per heavy atom. The van der Waals surface area contributed by atoms with Crippen molar-refractivity contribution >= 4 is 42.7 Å². The predicted molar refractivity (Wildman–Crippen MR) is 147 cm³/mol. The first-order valence-electron chi connectivity index (χ1n) is 12.9. The van der Waals surface area contributed by atoms with Crippen molar-refractivity contribution in [2.75, 3.05) is 5.75 Å². The first-order valence-corrected chi connectivity index (χ1v) is 16.0. The fraction of sp³-hybridized carbons (Fsp3) is 0.379. The van der Waals surface area contributed by atoms with Crippen LogP contribution in [0.4, 0.5) is 0 Å². The summed E-state index contributed by atoms with van der Waals surface area (Å²) >= 11 is 0. The molecule has 3 fully saturated rings. The number of aromatic amines is 1. The van der Waals surface area contributed by atoms with Gasteiger partial charge in [0.05, 0.1) is 28.3 Å². The number of nitriles is 1. The number of aromatic nitrogens is 1. The average molecular weight is 564 g/mol. The lowest BCUT2D eigenvalue weighted by Crippen LogP contribution is -2.43. The standard InChI is InChI=1S/C29H29N3O5S2/c1-18-4-7-21(8-5-18)39(36,37)27-22(23-14-19(16-30)6-10-24(23)31-27)9-11-26(33)32-25-15-20-12-13-29(25,28(20,2)3)17-38(32,34)35/h4-11,14,20,25,31H,12-13,15,17H2,1-3H3/b11-9+. The Morgan fingerprint density at radius 3 is 2.56 bits per heavy atom. The topological polar surface area (TPSA) is 128 Å². The zero-order chi connectivity index (χ0) is 28.0. The van der Waals surface area contributed by atoms with Gasteiger partial charge >= 0.3 is 0 Å². The smallest absolute Gasteiger partial charge is 0.260 e. The molecule has 39 heavy (non-hydrogen) atoms. The fourth-order valence-electron chi connectivity index (χ4n) is 7.28. The fourth-order valence-corrected chi connectivity index (χ4v) is 11.2. The molecule has 2 heterocycles. The molecule has 2 bridgehead atoms.